The van der Waals surface area contributed by atoms with Gasteiger partial charge in [-0.15, -0.1) is 0 Å². The molecule has 0 fully saturated rings. The van der Waals surface area contributed by atoms with Gasteiger partial charge in [-0.25, -0.2) is 12.8 Å². The highest BCUT2D eigenvalue weighted by atomic mass is 35.5. The molecule has 7 heteroatoms. The molecule has 2 rings (SSSR count). The fourth-order valence-electron chi connectivity index (χ4n) is 1.58. The molecule has 20 heavy (non-hydrogen) atoms. The fraction of sp³-hybridized carbons (Fsp3) is 0.0769. The van der Waals surface area contributed by atoms with Gasteiger partial charge in [0.25, 0.3) is 10.0 Å². The van der Waals surface area contributed by atoms with Gasteiger partial charge in [0.2, 0.25) is 0 Å². The lowest BCUT2D eigenvalue weighted by Crippen LogP contribution is -2.14. The molecule has 0 saturated carbocycles. The molecule has 0 unspecified atom stereocenters. The number of hydrogen-bond donors (Lipinski definition) is 2. The van der Waals surface area contributed by atoms with E-state index in [4.69, 9.17) is 16.7 Å². The van der Waals surface area contributed by atoms with Crippen molar-refractivity contribution < 1.29 is 17.9 Å². The maximum absolute atomic E-state index is 13.7. The van der Waals surface area contributed by atoms with Crippen LogP contribution in [-0.2, 0) is 16.6 Å². The maximum Gasteiger partial charge on any atom is 0.264 e. The molecule has 0 aromatic heterocycles. The van der Waals surface area contributed by atoms with Crippen LogP contribution in [0.1, 0.15) is 5.56 Å². The topological polar surface area (TPSA) is 66.4 Å². The molecule has 0 saturated heterocycles. The Morgan fingerprint density at radius 1 is 1.15 bits per heavy atom. The van der Waals surface area contributed by atoms with Gasteiger partial charge in [-0.3, -0.25) is 4.72 Å². The summed E-state index contributed by atoms with van der Waals surface area (Å²) in [4.78, 5) is -0.517. The number of halogens is 2. The van der Waals surface area contributed by atoms with Crippen LogP contribution in [0.25, 0.3) is 0 Å². The average Bonchev–Trinajstić information content (AvgIpc) is 2.42. The standard InChI is InChI=1S/C13H11ClFNO3S/c14-11-2-1-3-12(13(11)15)20(18,19)16-10-6-4-9(8-17)5-7-10/h1-7,16-17H,8H2. The first kappa shape index (κ1) is 14.8. The van der Waals surface area contributed by atoms with Crippen molar-refractivity contribution in [2.75, 3.05) is 4.72 Å². The van der Waals surface area contributed by atoms with Crippen molar-refractivity contribution in [1.29, 1.82) is 0 Å². The van der Waals surface area contributed by atoms with Crippen LogP contribution in [0.3, 0.4) is 0 Å². The Morgan fingerprint density at radius 2 is 1.80 bits per heavy atom. The van der Waals surface area contributed by atoms with Gasteiger partial charge in [0.1, 0.15) is 4.90 Å². The number of aliphatic hydroxyl groups is 1. The van der Waals surface area contributed by atoms with Gasteiger partial charge in [0.05, 0.1) is 11.6 Å². The predicted molar refractivity (Wildman–Crippen MR) is 74.6 cm³/mol. The largest absolute Gasteiger partial charge is 0.392 e. The molecule has 0 heterocycles. The molecule has 0 spiro atoms. The second-order valence-electron chi connectivity index (χ2n) is 4.01. The van der Waals surface area contributed by atoms with E-state index in [1.807, 2.05) is 0 Å². The summed E-state index contributed by atoms with van der Waals surface area (Å²) in [6.45, 7) is -0.143. The van der Waals surface area contributed by atoms with E-state index in [1.165, 1.54) is 24.3 Å². The monoisotopic (exact) mass is 315 g/mol. The fourth-order valence-corrected chi connectivity index (χ4v) is 2.97. The van der Waals surface area contributed by atoms with E-state index < -0.39 is 20.7 Å². The molecule has 0 amide bonds. The third kappa shape index (κ3) is 3.09. The minimum atomic E-state index is -4.06. The molecule has 2 aromatic carbocycles. The van der Waals surface area contributed by atoms with E-state index >= 15 is 0 Å². The van der Waals surface area contributed by atoms with Gasteiger partial charge < -0.3 is 5.11 Å². The Labute approximate surface area is 120 Å². The number of anilines is 1. The number of benzene rings is 2. The normalized spacial score (nSPS) is 11.3. The van der Waals surface area contributed by atoms with Crippen molar-refractivity contribution in [2.24, 2.45) is 0 Å². The second-order valence-corrected chi connectivity index (χ2v) is 6.07. The molecule has 0 aliphatic rings. The van der Waals surface area contributed by atoms with Gasteiger partial charge in [-0.2, -0.15) is 0 Å². The van der Waals surface area contributed by atoms with Crippen LogP contribution in [0.2, 0.25) is 5.02 Å². The lowest BCUT2D eigenvalue weighted by Gasteiger charge is -2.09. The van der Waals surface area contributed by atoms with E-state index in [2.05, 4.69) is 4.72 Å². The molecule has 106 valence electrons. The van der Waals surface area contributed by atoms with Crippen molar-refractivity contribution in [1.82, 2.24) is 0 Å². The molecule has 4 nitrogen and oxygen atoms in total. The third-order valence-corrected chi connectivity index (χ3v) is 4.29. The van der Waals surface area contributed by atoms with Crippen LogP contribution in [0.15, 0.2) is 47.4 Å². The predicted octanol–water partition coefficient (Wildman–Crippen LogP) is 2.77. The van der Waals surface area contributed by atoms with Crippen LogP contribution in [-0.4, -0.2) is 13.5 Å². The Balaban J connectivity index is 2.33. The molecular weight excluding hydrogens is 305 g/mol. The van der Waals surface area contributed by atoms with Gasteiger partial charge in [-0.1, -0.05) is 29.8 Å². The quantitative estimate of drug-likeness (QED) is 0.911. The van der Waals surface area contributed by atoms with Crippen molar-refractivity contribution in [3.63, 3.8) is 0 Å². The number of hydrogen-bond acceptors (Lipinski definition) is 3. The molecular formula is C13H11ClFNO3S. The van der Waals surface area contributed by atoms with Crippen LogP contribution >= 0.6 is 11.6 Å². The zero-order chi connectivity index (χ0) is 14.8. The van der Waals surface area contributed by atoms with E-state index in [0.29, 0.717) is 5.56 Å². The summed E-state index contributed by atoms with van der Waals surface area (Å²) < 4.78 is 40.1. The van der Waals surface area contributed by atoms with Crippen molar-refractivity contribution in [3.05, 3.63) is 58.9 Å². The minimum Gasteiger partial charge on any atom is -0.392 e. The third-order valence-electron chi connectivity index (χ3n) is 2.59. The molecule has 0 radical (unpaired) electrons. The van der Waals surface area contributed by atoms with Crippen molar-refractivity contribution in [3.8, 4) is 0 Å². The van der Waals surface area contributed by atoms with E-state index in [9.17, 15) is 12.8 Å². The van der Waals surface area contributed by atoms with Gasteiger partial charge in [0, 0.05) is 5.69 Å². The Morgan fingerprint density at radius 3 is 2.40 bits per heavy atom. The molecule has 0 aliphatic heterocycles. The van der Waals surface area contributed by atoms with Crippen molar-refractivity contribution >= 4 is 27.3 Å². The molecule has 2 aromatic rings. The zero-order valence-corrected chi connectivity index (χ0v) is 11.7. The maximum atomic E-state index is 13.7. The Kier molecular flexibility index (Phi) is 4.27. The first-order valence-corrected chi connectivity index (χ1v) is 7.47. The molecule has 2 N–H and O–H groups in total. The minimum absolute atomic E-state index is 0.143. The summed E-state index contributed by atoms with van der Waals surface area (Å²) in [6.07, 6.45) is 0. The van der Waals surface area contributed by atoms with Crippen LogP contribution < -0.4 is 4.72 Å². The summed E-state index contributed by atoms with van der Waals surface area (Å²) in [7, 11) is -4.06. The van der Waals surface area contributed by atoms with Gasteiger partial charge in [-0.05, 0) is 29.8 Å². The lowest BCUT2D eigenvalue weighted by molar-refractivity contribution is 0.282. The Bertz CT molecular complexity index is 717. The summed E-state index contributed by atoms with van der Waals surface area (Å²) >= 11 is 5.57. The van der Waals surface area contributed by atoms with Crippen LogP contribution in [0.4, 0.5) is 10.1 Å². The lowest BCUT2D eigenvalue weighted by atomic mass is 10.2. The van der Waals surface area contributed by atoms with Gasteiger partial charge in [0.15, 0.2) is 5.82 Å². The van der Waals surface area contributed by atoms with Crippen LogP contribution in [0.5, 0.6) is 0 Å². The molecule has 0 atom stereocenters. The smallest absolute Gasteiger partial charge is 0.264 e. The summed E-state index contributed by atoms with van der Waals surface area (Å²) in [5, 5.41) is 8.64. The number of aliphatic hydroxyl groups excluding tert-OH is 1. The van der Waals surface area contributed by atoms with E-state index in [1.54, 1.807) is 12.1 Å². The second kappa shape index (κ2) is 5.78. The van der Waals surface area contributed by atoms with Gasteiger partial charge >= 0.3 is 0 Å². The Hall–Kier alpha value is -1.63. The van der Waals surface area contributed by atoms with Crippen LogP contribution in [0, 0.1) is 5.82 Å². The summed E-state index contributed by atoms with van der Waals surface area (Å²) in [5.74, 6) is -0.992. The summed E-state index contributed by atoms with van der Waals surface area (Å²) in [6, 6.07) is 9.84. The highest BCUT2D eigenvalue weighted by Gasteiger charge is 2.20. The molecule has 0 bridgehead atoms. The highest BCUT2D eigenvalue weighted by Crippen LogP contribution is 2.24. The average molecular weight is 316 g/mol. The first-order chi connectivity index (χ1) is 9.44. The first-order valence-electron chi connectivity index (χ1n) is 5.60. The number of rotatable bonds is 4. The SMILES string of the molecule is O=S(=O)(Nc1ccc(CO)cc1)c1cccc(Cl)c1F. The number of nitrogens with one attached hydrogen (secondary N) is 1. The zero-order valence-electron chi connectivity index (χ0n) is 10.2. The van der Waals surface area contributed by atoms with Crippen molar-refractivity contribution in [2.45, 2.75) is 11.5 Å². The number of sulfonamides is 1. The highest BCUT2D eigenvalue weighted by molar-refractivity contribution is 7.92. The van der Waals surface area contributed by atoms with E-state index in [-0.39, 0.29) is 17.3 Å². The van der Waals surface area contributed by atoms with E-state index in [0.717, 1.165) is 6.07 Å². The molecule has 0 aliphatic carbocycles. The summed E-state index contributed by atoms with van der Waals surface area (Å²) in [5.41, 5.74) is 0.906.